The number of rotatable bonds is 5. The summed E-state index contributed by atoms with van der Waals surface area (Å²) in [5.74, 6) is 0.0608. The summed E-state index contributed by atoms with van der Waals surface area (Å²) in [7, 11) is 3.05. The average molecular weight is 326 g/mol. The summed E-state index contributed by atoms with van der Waals surface area (Å²) in [6.07, 6.45) is -0.601. The van der Waals surface area contributed by atoms with Crippen molar-refractivity contribution < 1.29 is 14.3 Å². The van der Waals surface area contributed by atoms with Crippen LogP contribution >= 0.6 is 0 Å². The largest absolute Gasteiger partial charge is 0.453 e. The number of anilines is 1. The molecule has 2 aromatic carbocycles. The first kappa shape index (κ1) is 17.5. The first-order chi connectivity index (χ1) is 11.5. The van der Waals surface area contributed by atoms with E-state index in [0.29, 0.717) is 17.8 Å². The van der Waals surface area contributed by atoms with Crippen LogP contribution in [0.2, 0.25) is 0 Å². The SMILES string of the molecule is COC(=O)Nc1ccccc1C(=O)N(C)C[C@H](C)c1ccccc1. The van der Waals surface area contributed by atoms with Crippen molar-refractivity contribution in [2.45, 2.75) is 12.8 Å². The summed E-state index contributed by atoms with van der Waals surface area (Å²) >= 11 is 0. The molecule has 0 heterocycles. The Hall–Kier alpha value is -2.82. The molecule has 5 heteroatoms. The molecule has 126 valence electrons. The number of hydrogen-bond donors (Lipinski definition) is 1. The molecule has 0 fully saturated rings. The van der Waals surface area contributed by atoms with Crippen LogP contribution in [0.1, 0.15) is 28.8 Å². The second-order valence-electron chi connectivity index (χ2n) is 5.66. The van der Waals surface area contributed by atoms with Gasteiger partial charge in [-0.25, -0.2) is 4.79 Å². The van der Waals surface area contributed by atoms with Crippen molar-refractivity contribution in [2.24, 2.45) is 0 Å². The molecule has 1 atom stereocenters. The minimum Gasteiger partial charge on any atom is -0.453 e. The molecule has 0 saturated carbocycles. The van der Waals surface area contributed by atoms with Crippen molar-refractivity contribution in [2.75, 3.05) is 26.0 Å². The van der Waals surface area contributed by atoms with E-state index in [1.807, 2.05) is 18.2 Å². The molecule has 0 bridgehead atoms. The summed E-state index contributed by atoms with van der Waals surface area (Å²) in [4.78, 5) is 25.8. The lowest BCUT2D eigenvalue weighted by Crippen LogP contribution is -2.31. The molecule has 24 heavy (non-hydrogen) atoms. The van der Waals surface area contributed by atoms with Gasteiger partial charge in [0, 0.05) is 13.6 Å². The Morgan fingerprint density at radius 1 is 1.08 bits per heavy atom. The quantitative estimate of drug-likeness (QED) is 0.910. The van der Waals surface area contributed by atoms with E-state index in [-0.39, 0.29) is 11.8 Å². The van der Waals surface area contributed by atoms with Gasteiger partial charge < -0.3 is 9.64 Å². The molecule has 5 nitrogen and oxygen atoms in total. The third-order valence-electron chi connectivity index (χ3n) is 3.84. The predicted octanol–water partition coefficient (Wildman–Crippen LogP) is 3.74. The zero-order chi connectivity index (χ0) is 17.5. The van der Waals surface area contributed by atoms with Gasteiger partial charge in [-0.15, -0.1) is 0 Å². The molecule has 1 N–H and O–H groups in total. The standard InChI is InChI=1S/C19H22N2O3/c1-14(15-9-5-4-6-10-15)13-21(2)18(22)16-11-7-8-12-17(16)20-19(23)24-3/h4-12,14H,13H2,1-3H3,(H,20,23)/t14-/m0/s1. The van der Waals surface area contributed by atoms with Crippen LogP contribution < -0.4 is 5.32 Å². The van der Waals surface area contributed by atoms with Crippen LogP contribution in [-0.4, -0.2) is 37.6 Å². The van der Waals surface area contributed by atoms with Crippen molar-refractivity contribution in [1.82, 2.24) is 4.90 Å². The van der Waals surface area contributed by atoms with Gasteiger partial charge in [-0.05, 0) is 23.6 Å². The normalized spacial score (nSPS) is 11.5. The van der Waals surface area contributed by atoms with E-state index >= 15 is 0 Å². The lowest BCUT2D eigenvalue weighted by Gasteiger charge is -2.23. The molecular weight excluding hydrogens is 304 g/mol. The van der Waals surface area contributed by atoms with Crippen molar-refractivity contribution in [3.63, 3.8) is 0 Å². The Morgan fingerprint density at radius 3 is 2.38 bits per heavy atom. The summed E-state index contributed by atoms with van der Waals surface area (Å²) in [6, 6.07) is 17.0. The van der Waals surface area contributed by atoms with Gasteiger partial charge in [-0.2, -0.15) is 0 Å². The lowest BCUT2D eigenvalue weighted by atomic mass is 10.0. The number of hydrogen-bond acceptors (Lipinski definition) is 3. The van der Waals surface area contributed by atoms with E-state index in [1.54, 1.807) is 36.2 Å². The van der Waals surface area contributed by atoms with Crippen molar-refractivity contribution >= 4 is 17.7 Å². The van der Waals surface area contributed by atoms with Crippen LogP contribution in [0.5, 0.6) is 0 Å². The van der Waals surface area contributed by atoms with E-state index < -0.39 is 6.09 Å². The van der Waals surface area contributed by atoms with Gasteiger partial charge in [0.1, 0.15) is 0 Å². The second kappa shape index (κ2) is 8.15. The summed E-state index contributed by atoms with van der Waals surface area (Å²) in [5, 5.41) is 2.57. The Morgan fingerprint density at radius 2 is 1.71 bits per heavy atom. The Labute approximate surface area is 142 Å². The van der Waals surface area contributed by atoms with Crippen LogP contribution in [0.4, 0.5) is 10.5 Å². The van der Waals surface area contributed by atoms with E-state index in [4.69, 9.17) is 0 Å². The third-order valence-corrected chi connectivity index (χ3v) is 3.84. The highest BCUT2D eigenvalue weighted by molar-refractivity contribution is 6.02. The van der Waals surface area contributed by atoms with Gasteiger partial charge in [-0.1, -0.05) is 49.4 Å². The van der Waals surface area contributed by atoms with Crippen LogP contribution in [-0.2, 0) is 4.74 Å². The summed E-state index contributed by atoms with van der Waals surface area (Å²) in [6.45, 7) is 2.66. The van der Waals surface area contributed by atoms with E-state index in [0.717, 1.165) is 0 Å². The van der Waals surface area contributed by atoms with Crippen molar-refractivity contribution in [1.29, 1.82) is 0 Å². The molecule has 2 rings (SSSR count). The second-order valence-corrected chi connectivity index (χ2v) is 5.66. The number of methoxy groups -OCH3 is 1. The number of benzene rings is 2. The smallest absolute Gasteiger partial charge is 0.411 e. The Balaban J connectivity index is 2.12. The van der Waals surface area contributed by atoms with Crippen LogP contribution in [0, 0.1) is 0 Å². The lowest BCUT2D eigenvalue weighted by molar-refractivity contribution is 0.0789. The fraction of sp³-hybridized carbons (Fsp3) is 0.263. The van der Waals surface area contributed by atoms with Gasteiger partial charge >= 0.3 is 6.09 Å². The van der Waals surface area contributed by atoms with Crippen LogP contribution in [0.15, 0.2) is 54.6 Å². The number of ether oxygens (including phenoxy) is 1. The minimum atomic E-state index is -0.601. The van der Waals surface area contributed by atoms with E-state index in [2.05, 4.69) is 29.1 Å². The summed E-state index contributed by atoms with van der Waals surface area (Å²) < 4.78 is 4.60. The van der Waals surface area contributed by atoms with Crippen molar-refractivity contribution in [3.8, 4) is 0 Å². The Bertz CT molecular complexity index is 701. The van der Waals surface area contributed by atoms with Gasteiger partial charge in [-0.3, -0.25) is 10.1 Å². The van der Waals surface area contributed by atoms with E-state index in [9.17, 15) is 9.59 Å². The van der Waals surface area contributed by atoms with Gasteiger partial charge in [0.2, 0.25) is 0 Å². The molecule has 2 amide bonds. The minimum absolute atomic E-state index is 0.148. The average Bonchev–Trinajstić information content (AvgIpc) is 2.62. The first-order valence-electron chi connectivity index (χ1n) is 7.77. The zero-order valence-corrected chi connectivity index (χ0v) is 14.2. The highest BCUT2D eigenvalue weighted by atomic mass is 16.5. The topological polar surface area (TPSA) is 58.6 Å². The number of carbonyl (C=O) groups excluding carboxylic acids is 2. The maximum Gasteiger partial charge on any atom is 0.411 e. The number of para-hydroxylation sites is 1. The monoisotopic (exact) mass is 326 g/mol. The van der Waals surface area contributed by atoms with Crippen LogP contribution in [0.3, 0.4) is 0 Å². The van der Waals surface area contributed by atoms with E-state index in [1.165, 1.54) is 12.7 Å². The molecule has 0 aliphatic heterocycles. The molecular formula is C19H22N2O3. The fourth-order valence-electron chi connectivity index (χ4n) is 2.53. The highest BCUT2D eigenvalue weighted by Crippen LogP contribution is 2.20. The number of amides is 2. The molecule has 0 saturated heterocycles. The van der Waals surface area contributed by atoms with Gasteiger partial charge in [0.15, 0.2) is 0 Å². The molecule has 0 radical (unpaired) electrons. The number of nitrogens with zero attached hydrogens (tertiary/aromatic N) is 1. The molecule has 0 spiro atoms. The predicted molar refractivity (Wildman–Crippen MR) is 94.3 cm³/mol. The van der Waals surface area contributed by atoms with Crippen molar-refractivity contribution in [3.05, 3.63) is 65.7 Å². The number of carbonyl (C=O) groups is 2. The molecule has 0 aliphatic rings. The van der Waals surface area contributed by atoms with Crippen LogP contribution in [0.25, 0.3) is 0 Å². The maximum absolute atomic E-state index is 12.7. The zero-order valence-electron chi connectivity index (χ0n) is 14.2. The maximum atomic E-state index is 12.7. The molecule has 0 aliphatic carbocycles. The molecule has 0 aromatic heterocycles. The Kier molecular flexibility index (Phi) is 5.95. The molecule has 0 unspecified atom stereocenters. The van der Waals surface area contributed by atoms with Gasteiger partial charge in [0.25, 0.3) is 5.91 Å². The number of likely N-dealkylation sites (N-methyl/N-ethyl adjacent to an activating group) is 1. The van der Waals surface area contributed by atoms with Gasteiger partial charge in [0.05, 0.1) is 18.4 Å². The third kappa shape index (κ3) is 4.35. The first-order valence-corrected chi connectivity index (χ1v) is 7.77. The highest BCUT2D eigenvalue weighted by Gasteiger charge is 2.19. The summed E-state index contributed by atoms with van der Waals surface area (Å²) in [5.41, 5.74) is 2.05. The number of nitrogens with one attached hydrogen (secondary N) is 1. The fourth-order valence-corrected chi connectivity index (χ4v) is 2.53. The molecule has 2 aromatic rings.